The maximum absolute atomic E-state index is 13.0. The van der Waals surface area contributed by atoms with Crippen molar-refractivity contribution in [1.82, 2.24) is 9.97 Å². The maximum atomic E-state index is 13.0. The first-order valence-electron chi connectivity index (χ1n) is 7.06. The quantitative estimate of drug-likeness (QED) is 0.739. The van der Waals surface area contributed by atoms with Gasteiger partial charge in [-0.05, 0) is 38.1 Å². The molecule has 0 N–H and O–H groups in total. The predicted octanol–water partition coefficient (Wildman–Crippen LogP) is 3.09. The minimum absolute atomic E-state index is 0.141. The predicted molar refractivity (Wildman–Crippen MR) is 87.5 cm³/mol. The highest BCUT2D eigenvalue weighted by atomic mass is 32.2. The number of methoxy groups -OCH3 is 1. The summed E-state index contributed by atoms with van der Waals surface area (Å²) in [6, 6.07) is 11.7. The van der Waals surface area contributed by atoms with Crippen molar-refractivity contribution in [3.8, 4) is 5.88 Å². The van der Waals surface area contributed by atoms with Crippen LogP contribution >= 0.6 is 0 Å². The summed E-state index contributed by atoms with van der Waals surface area (Å²) in [5, 5.41) is 0. The topological polar surface area (TPSA) is 69.2 Å². The Kier molecular flexibility index (Phi) is 3.77. The third-order valence-electron chi connectivity index (χ3n) is 3.55. The summed E-state index contributed by atoms with van der Waals surface area (Å²) >= 11 is 0. The molecular formula is C17H16N2O3S. The Labute approximate surface area is 134 Å². The molecule has 3 rings (SSSR count). The number of sulfone groups is 1. The summed E-state index contributed by atoms with van der Waals surface area (Å²) in [6.07, 6.45) is 0. The van der Waals surface area contributed by atoms with Crippen LogP contribution in [0.15, 0.2) is 52.3 Å². The lowest BCUT2D eigenvalue weighted by Gasteiger charge is -2.10. The van der Waals surface area contributed by atoms with Crippen LogP contribution in [0.2, 0.25) is 0 Å². The van der Waals surface area contributed by atoms with E-state index in [9.17, 15) is 8.42 Å². The molecule has 0 unspecified atom stereocenters. The molecule has 118 valence electrons. The summed E-state index contributed by atoms with van der Waals surface area (Å²) in [7, 11) is -2.20. The zero-order chi connectivity index (χ0) is 16.6. The Morgan fingerprint density at radius 3 is 2.30 bits per heavy atom. The van der Waals surface area contributed by atoms with Gasteiger partial charge < -0.3 is 4.74 Å². The van der Waals surface area contributed by atoms with E-state index in [-0.39, 0.29) is 9.79 Å². The monoisotopic (exact) mass is 328 g/mol. The van der Waals surface area contributed by atoms with Crippen LogP contribution in [-0.4, -0.2) is 25.5 Å². The van der Waals surface area contributed by atoms with Gasteiger partial charge in [0, 0.05) is 11.8 Å². The van der Waals surface area contributed by atoms with E-state index in [0.29, 0.717) is 22.6 Å². The molecule has 0 spiro atoms. The van der Waals surface area contributed by atoms with Gasteiger partial charge in [0.2, 0.25) is 15.7 Å². The van der Waals surface area contributed by atoms with Gasteiger partial charge in [0.1, 0.15) is 10.4 Å². The van der Waals surface area contributed by atoms with E-state index in [1.807, 2.05) is 6.92 Å². The molecule has 3 aromatic rings. The summed E-state index contributed by atoms with van der Waals surface area (Å²) in [4.78, 5) is 9.01. The fourth-order valence-electron chi connectivity index (χ4n) is 2.35. The van der Waals surface area contributed by atoms with Crippen LogP contribution in [-0.2, 0) is 9.84 Å². The van der Waals surface area contributed by atoms with E-state index in [0.717, 1.165) is 5.56 Å². The Balaban J connectivity index is 2.31. The first-order valence-corrected chi connectivity index (χ1v) is 8.54. The van der Waals surface area contributed by atoms with Gasteiger partial charge in [-0.25, -0.2) is 13.4 Å². The molecule has 0 bridgehead atoms. The highest BCUT2D eigenvalue weighted by molar-refractivity contribution is 7.91. The van der Waals surface area contributed by atoms with Gasteiger partial charge in [-0.3, -0.25) is 4.98 Å². The molecule has 6 heteroatoms. The van der Waals surface area contributed by atoms with Crippen LogP contribution in [0.5, 0.6) is 5.88 Å². The number of hydrogen-bond acceptors (Lipinski definition) is 5. The highest BCUT2D eigenvalue weighted by Crippen LogP contribution is 2.28. The first kappa shape index (κ1) is 15.4. The fourth-order valence-corrected chi connectivity index (χ4v) is 3.83. The van der Waals surface area contributed by atoms with Crippen LogP contribution in [0.3, 0.4) is 0 Å². The van der Waals surface area contributed by atoms with E-state index in [1.54, 1.807) is 49.4 Å². The van der Waals surface area contributed by atoms with Crippen molar-refractivity contribution in [3.05, 3.63) is 53.7 Å². The molecule has 0 aliphatic heterocycles. The minimum Gasteiger partial charge on any atom is -0.481 e. The number of pyridine rings is 2. The van der Waals surface area contributed by atoms with Gasteiger partial charge in [0.15, 0.2) is 0 Å². The Morgan fingerprint density at radius 2 is 1.65 bits per heavy atom. The van der Waals surface area contributed by atoms with Crippen molar-refractivity contribution in [2.45, 2.75) is 23.6 Å². The molecule has 2 heterocycles. The Bertz CT molecular complexity index is 981. The number of rotatable bonds is 3. The third kappa shape index (κ3) is 2.77. The minimum atomic E-state index is -3.69. The van der Waals surface area contributed by atoms with Crippen LogP contribution in [0.25, 0.3) is 11.0 Å². The third-order valence-corrected chi connectivity index (χ3v) is 5.33. The van der Waals surface area contributed by atoms with Crippen LogP contribution < -0.4 is 4.74 Å². The molecule has 0 amide bonds. The molecule has 5 nitrogen and oxygen atoms in total. The SMILES string of the molecule is COc1ccc2nc(C)cc(S(=O)(=O)c3ccc(C)cc3)c2n1. The van der Waals surface area contributed by atoms with Crippen LogP contribution in [0, 0.1) is 13.8 Å². The van der Waals surface area contributed by atoms with Gasteiger partial charge in [0.05, 0.1) is 17.5 Å². The highest BCUT2D eigenvalue weighted by Gasteiger charge is 2.22. The molecule has 0 aliphatic rings. The summed E-state index contributed by atoms with van der Waals surface area (Å²) in [5.41, 5.74) is 2.46. The number of ether oxygens (including phenoxy) is 1. The number of aryl methyl sites for hydroxylation is 2. The second-order valence-electron chi connectivity index (χ2n) is 5.30. The molecule has 0 fully saturated rings. The van der Waals surface area contributed by atoms with Crippen molar-refractivity contribution in [1.29, 1.82) is 0 Å². The van der Waals surface area contributed by atoms with Crippen molar-refractivity contribution in [2.24, 2.45) is 0 Å². The van der Waals surface area contributed by atoms with E-state index < -0.39 is 9.84 Å². The lowest BCUT2D eigenvalue weighted by molar-refractivity contribution is 0.399. The molecule has 2 aromatic heterocycles. The number of nitrogens with zero attached hydrogens (tertiary/aromatic N) is 2. The van der Waals surface area contributed by atoms with Gasteiger partial charge >= 0.3 is 0 Å². The van der Waals surface area contributed by atoms with Crippen molar-refractivity contribution >= 4 is 20.9 Å². The molecule has 0 saturated heterocycles. The van der Waals surface area contributed by atoms with Crippen molar-refractivity contribution in [3.63, 3.8) is 0 Å². The zero-order valence-corrected chi connectivity index (χ0v) is 13.9. The largest absolute Gasteiger partial charge is 0.481 e. The lowest BCUT2D eigenvalue weighted by atomic mass is 10.2. The van der Waals surface area contributed by atoms with Crippen molar-refractivity contribution < 1.29 is 13.2 Å². The molecule has 1 aromatic carbocycles. The summed E-state index contributed by atoms with van der Waals surface area (Å²) < 4.78 is 31.1. The van der Waals surface area contributed by atoms with Gasteiger partial charge in [-0.1, -0.05) is 17.7 Å². The molecule has 0 saturated carbocycles. The van der Waals surface area contributed by atoms with E-state index in [2.05, 4.69) is 9.97 Å². The maximum Gasteiger partial charge on any atom is 0.213 e. The normalized spacial score (nSPS) is 11.6. The van der Waals surface area contributed by atoms with E-state index in [1.165, 1.54) is 7.11 Å². The first-order chi connectivity index (χ1) is 10.9. The molecule has 23 heavy (non-hydrogen) atoms. The van der Waals surface area contributed by atoms with Gasteiger partial charge in [-0.2, -0.15) is 0 Å². The molecule has 0 radical (unpaired) electrons. The second-order valence-corrected chi connectivity index (χ2v) is 7.22. The molecule has 0 atom stereocenters. The summed E-state index contributed by atoms with van der Waals surface area (Å²) in [6.45, 7) is 3.67. The van der Waals surface area contributed by atoms with Gasteiger partial charge in [0.25, 0.3) is 0 Å². The Hall–Kier alpha value is -2.47. The van der Waals surface area contributed by atoms with Crippen LogP contribution in [0.4, 0.5) is 0 Å². The second kappa shape index (κ2) is 5.62. The summed E-state index contributed by atoms with van der Waals surface area (Å²) in [5.74, 6) is 0.350. The number of aromatic nitrogens is 2. The molecular weight excluding hydrogens is 312 g/mol. The standard InChI is InChI=1S/C17H16N2O3S/c1-11-4-6-13(7-5-11)23(20,21)15-10-12(2)18-14-8-9-16(22-3)19-17(14)15/h4-10H,1-3H3. The fraction of sp³-hybridized carbons (Fsp3) is 0.176. The average Bonchev–Trinajstić information content (AvgIpc) is 2.54. The number of fused-ring (bicyclic) bond motifs is 1. The number of hydrogen-bond donors (Lipinski definition) is 0. The van der Waals surface area contributed by atoms with Crippen LogP contribution in [0.1, 0.15) is 11.3 Å². The lowest BCUT2D eigenvalue weighted by Crippen LogP contribution is -2.06. The van der Waals surface area contributed by atoms with Crippen molar-refractivity contribution in [2.75, 3.05) is 7.11 Å². The average molecular weight is 328 g/mol. The van der Waals surface area contributed by atoms with E-state index >= 15 is 0 Å². The van der Waals surface area contributed by atoms with E-state index in [4.69, 9.17) is 4.74 Å². The smallest absolute Gasteiger partial charge is 0.213 e. The zero-order valence-electron chi connectivity index (χ0n) is 13.1. The number of benzene rings is 1. The molecule has 0 aliphatic carbocycles. The Morgan fingerprint density at radius 1 is 0.957 bits per heavy atom. The van der Waals surface area contributed by atoms with Gasteiger partial charge in [-0.15, -0.1) is 0 Å².